The minimum Gasteiger partial charge on any atom is -0.475 e. The van der Waals surface area contributed by atoms with Crippen LogP contribution in [-0.2, 0) is 19.1 Å². The fourth-order valence-electron chi connectivity index (χ4n) is 3.29. The number of nitrogens with zero attached hydrogens (tertiary/aromatic N) is 3. The number of aliphatic carboxylic acids is 2. The fourth-order valence-corrected chi connectivity index (χ4v) is 3.29. The summed E-state index contributed by atoms with van der Waals surface area (Å²) < 4.78 is 69.2. The Morgan fingerprint density at radius 2 is 1.38 bits per heavy atom. The van der Waals surface area contributed by atoms with Crippen molar-refractivity contribution in [3.8, 4) is 0 Å². The van der Waals surface area contributed by atoms with Gasteiger partial charge < -0.3 is 24.7 Å². The molecule has 1 amide bonds. The molecule has 2 aliphatic heterocycles. The molecule has 0 aromatic rings. The Morgan fingerprint density at radius 3 is 1.74 bits per heavy atom. The largest absolute Gasteiger partial charge is 0.490 e. The number of carboxylic acid groups (broad SMARTS) is 2. The number of likely N-dealkylation sites (N-methyl/N-ethyl adjacent to an activating group) is 1. The number of ether oxygens (including phenoxy) is 1. The SMILES string of the molecule is CCC(=O)N1CCC2(CC1)COCCN2CCN(C)C.O=C(O)C(F)(F)F.O=C(O)C(F)(F)F. The van der Waals surface area contributed by atoms with Gasteiger partial charge in [0.15, 0.2) is 0 Å². The van der Waals surface area contributed by atoms with E-state index in [0.717, 1.165) is 58.8 Å². The smallest absolute Gasteiger partial charge is 0.475 e. The molecule has 0 aromatic heterocycles. The van der Waals surface area contributed by atoms with E-state index in [0.29, 0.717) is 6.42 Å². The highest BCUT2D eigenvalue weighted by Crippen LogP contribution is 2.31. The third kappa shape index (κ3) is 11.3. The van der Waals surface area contributed by atoms with Crippen LogP contribution in [-0.4, -0.2) is 121 Å². The molecule has 0 atom stereocenters. The number of morpholine rings is 1. The van der Waals surface area contributed by atoms with E-state index in [1.165, 1.54) is 0 Å². The molecule has 0 radical (unpaired) electrons. The number of piperidine rings is 1. The number of hydrogen-bond donors (Lipinski definition) is 2. The molecule has 15 heteroatoms. The Labute approximate surface area is 193 Å². The first-order valence-electron chi connectivity index (χ1n) is 10.3. The highest BCUT2D eigenvalue weighted by molar-refractivity contribution is 5.76. The van der Waals surface area contributed by atoms with Crippen molar-refractivity contribution in [2.24, 2.45) is 0 Å². The molecule has 9 nitrogen and oxygen atoms in total. The first-order valence-corrected chi connectivity index (χ1v) is 10.3. The van der Waals surface area contributed by atoms with Crippen molar-refractivity contribution in [3.63, 3.8) is 0 Å². The quantitative estimate of drug-likeness (QED) is 0.551. The standard InChI is InChI=1S/C15H29N3O2.2C2HF3O2/c1-4-14(19)17-7-5-15(6-8-17)13-20-12-11-18(15)10-9-16(2)3;2*3-2(4,5)1(6)7/h4-13H2,1-3H3;2*(H,6,7). The molecule has 0 unspecified atom stereocenters. The summed E-state index contributed by atoms with van der Waals surface area (Å²) >= 11 is 0. The first-order chi connectivity index (χ1) is 15.5. The highest BCUT2D eigenvalue weighted by atomic mass is 19.4. The van der Waals surface area contributed by atoms with Crippen LogP contribution in [0.3, 0.4) is 0 Å². The second kappa shape index (κ2) is 13.7. The maximum absolute atomic E-state index is 11.8. The van der Waals surface area contributed by atoms with Gasteiger partial charge in [-0.25, -0.2) is 9.59 Å². The maximum Gasteiger partial charge on any atom is 0.490 e. The minimum absolute atomic E-state index is 0.165. The van der Waals surface area contributed by atoms with Crippen LogP contribution in [0.25, 0.3) is 0 Å². The predicted molar refractivity (Wildman–Crippen MR) is 107 cm³/mol. The number of likely N-dealkylation sites (tertiary alicyclic amines) is 1. The number of rotatable bonds is 4. The lowest BCUT2D eigenvalue weighted by Gasteiger charge is -2.51. The van der Waals surface area contributed by atoms with Crippen molar-refractivity contribution in [3.05, 3.63) is 0 Å². The second-order valence-electron chi connectivity index (χ2n) is 7.91. The first kappa shape index (κ1) is 31.9. The van der Waals surface area contributed by atoms with E-state index >= 15 is 0 Å². The molecule has 2 N–H and O–H groups in total. The molecule has 0 saturated carbocycles. The van der Waals surface area contributed by atoms with Crippen molar-refractivity contribution in [1.29, 1.82) is 0 Å². The van der Waals surface area contributed by atoms with E-state index in [4.69, 9.17) is 24.5 Å². The van der Waals surface area contributed by atoms with Crippen LogP contribution in [0, 0.1) is 0 Å². The Bertz CT molecular complexity index is 640. The molecule has 0 bridgehead atoms. The average Bonchev–Trinajstić information content (AvgIpc) is 2.72. The lowest BCUT2D eigenvalue weighted by molar-refractivity contribution is -0.193. The van der Waals surface area contributed by atoms with Gasteiger partial charge in [0.25, 0.3) is 0 Å². The van der Waals surface area contributed by atoms with Gasteiger partial charge >= 0.3 is 24.3 Å². The molecule has 2 fully saturated rings. The van der Waals surface area contributed by atoms with Gasteiger partial charge in [0.2, 0.25) is 5.91 Å². The van der Waals surface area contributed by atoms with Crippen molar-refractivity contribution in [2.45, 2.75) is 44.1 Å². The molecule has 200 valence electrons. The number of alkyl halides is 6. The van der Waals surface area contributed by atoms with E-state index < -0.39 is 24.3 Å². The van der Waals surface area contributed by atoms with E-state index in [1.807, 2.05) is 11.8 Å². The Balaban J connectivity index is 0.000000642. The topological polar surface area (TPSA) is 111 Å². The van der Waals surface area contributed by atoms with E-state index in [-0.39, 0.29) is 11.4 Å². The van der Waals surface area contributed by atoms with Gasteiger partial charge in [-0.1, -0.05) is 6.92 Å². The Morgan fingerprint density at radius 1 is 0.941 bits per heavy atom. The average molecular weight is 511 g/mol. The predicted octanol–water partition coefficient (Wildman–Crippen LogP) is 1.92. The van der Waals surface area contributed by atoms with Gasteiger partial charge in [0.1, 0.15) is 0 Å². The number of hydrogen-bond acceptors (Lipinski definition) is 6. The molecular weight excluding hydrogens is 480 g/mol. The van der Waals surface area contributed by atoms with Gasteiger partial charge in [-0.15, -0.1) is 0 Å². The van der Waals surface area contributed by atoms with Crippen LogP contribution < -0.4 is 0 Å². The lowest BCUT2D eigenvalue weighted by atomic mass is 9.85. The van der Waals surface area contributed by atoms with Crippen molar-refractivity contribution in [1.82, 2.24) is 14.7 Å². The molecule has 34 heavy (non-hydrogen) atoms. The van der Waals surface area contributed by atoms with Crippen molar-refractivity contribution in [2.75, 3.05) is 60.0 Å². The molecule has 2 saturated heterocycles. The molecule has 2 aliphatic rings. The molecular formula is C19H31F6N3O6. The van der Waals surface area contributed by atoms with Gasteiger partial charge in [-0.3, -0.25) is 9.69 Å². The van der Waals surface area contributed by atoms with E-state index in [2.05, 4.69) is 23.9 Å². The van der Waals surface area contributed by atoms with Crippen LogP contribution in [0.4, 0.5) is 26.3 Å². The maximum atomic E-state index is 11.8. The van der Waals surface area contributed by atoms with E-state index in [1.54, 1.807) is 0 Å². The Kier molecular flexibility index (Phi) is 12.8. The van der Waals surface area contributed by atoms with E-state index in [9.17, 15) is 31.1 Å². The second-order valence-corrected chi connectivity index (χ2v) is 7.91. The summed E-state index contributed by atoms with van der Waals surface area (Å²) in [6.45, 7) is 8.58. The zero-order valence-corrected chi connectivity index (χ0v) is 19.2. The summed E-state index contributed by atoms with van der Waals surface area (Å²) in [5.41, 5.74) is 0.165. The summed E-state index contributed by atoms with van der Waals surface area (Å²) in [5.74, 6) is -5.23. The van der Waals surface area contributed by atoms with Gasteiger partial charge in [0.05, 0.1) is 13.2 Å². The number of carboxylic acids is 2. The third-order valence-corrected chi connectivity index (χ3v) is 5.20. The van der Waals surface area contributed by atoms with Gasteiger partial charge in [-0.2, -0.15) is 26.3 Å². The normalized spacial score (nSPS) is 18.5. The molecule has 1 spiro atoms. The van der Waals surface area contributed by atoms with Crippen molar-refractivity contribution >= 4 is 17.8 Å². The summed E-state index contributed by atoms with van der Waals surface area (Å²) in [5, 5.41) is 14.2. The van der Waals surface area contributed by atoms with Crippen LogP contribution in [0.5, 0.6) is 0 Å². The summed E-state index contributed by atoms with van der Waals surface area (Å²) in [7, 11) is 4.24. The fraction of sp³-hybridized carbons (Fsp3) is 0.842. The van der Waals surface area contributed by atoms with Gasteiger partial charge in [-0.05, 0) is 26.9 Å². The van der Waals surface area contributed by atoms with Gasteiger partial charge in [0, 0.05) is 44.7 Å². The molecule has 2 rings (SSSR count). The Hall–Kier alpha value is -2.13. The monoisotopic (exact) mass is 511 g/mol. The van der Waals surface area contributed by atoms with Crippen LogP contribution in [0.2, 0.25) is 0 Å². The van der Waals surface area contributed by atoms with Crippen LogP contribution in [0.15, 0.2) is 0 Å². The summed E-state index contributed by atoms with van der Waals surface area (Å²) in [4.78, 5) is 36.5. The molecule has 2 heterocycles. The minimum atomic E-state index is -5.08. The van der Waals surface area contributed by atoms with Crippen LogP contribution in [0.1, 0.15) is 26.2 Å². The van der Waals surface area contributed by atoms with Crippen LogP contribution >= 0.6 is 0 Å². The number of amides is 1. The third-order valence-electron chi connectivity index (χ3n) is 5.20. The number of halogens is 6. The molecule has 0 aliphatic carbocycles. The zero-order chi connectivity index (χ0) is 26.7. The zero-order valence-electron chi connectivity index (χ0n) is 19.2. The summed E-state index contributed by atoms with van der Waals surface area (Å²) in [6.07, 6.45) is -7.45. The highest BCUT2D eigenvalue weighted by Gasteiger charge is 2.42. The number of carbonyl (C=O) groups is 3. The number of carbonyl (C=O) groups excluding carboxylic acids is 1. The molecule has 0 aromatic carbocycles. The summed E-state index contributed by atoms with van der Waals surface area (Å²) in [6, 6.07) is 0. The lowest BCUT2D eigenvalue weighted by Crippen LogP contribution is -2.62. The van der Waals surface area contributed by atoms with Crippen molar-refractivity contribution < 1.29 is 55.7 Å².